The second kappa shape index (κ2) is 19.5. The van der Waals surface area contributed by atoms with Crippen molar-refractivity contribution in [1.82, 2.24) is 0 Å². The normalized spacial score (nSPS) is 16.2. The molecule has 0 radical (unpaired) electrons. The van der Waals surface area contributed by atoms with Crippen molar-refractivity contribution in [2.24, 2.45) is 29.6 Å². The van der Waals surface area contributed by atoms with Crippen LogP contribution in [-0.4, -0.2) is 0 Å². The number of benzene rings is 2. The molecule has 2 aromatic carbocycles. The highest BCUT2D eigenvalue weighted by molar-refractivity contribution is 5.17. The molecule has 0 saturated heterocycles. The Bertz CT molecular complexity index is 713. The van der Waals surface area contributed by atoms with Crippen LogP contribution in [0.5, 0.6) is 0 Å². The Balaban J connectivity index is 0.000000241. The summed E-state index contributed by atoms with van der Waals surface area (Å²) in [6.45, 7) is 18.3. The molecule has 2 saturated carbocycles. The van der Waals surface area contributed by atoms with Crippen LogP contribution in [-0.2, 0) is 6.42 Å². The molecule has 204 valence electrons. The van der Waals surface area contributed by atoms with Gasteiger partial charge in [-0.1, -0.05) is 174 Å². The zero-order valence-electron chi connectivity index (χ0n) is 25.3. The molecule has 0 N–H and O–H groups in total. The van der Waals surface area contributed by atoms with Crippen LogP contribution in [0.25, 0.3) is 0 Å². The van der Waals surface area contributed by atoms with E-state index in [-0.39, 0.29) is 0 Å². The summed E-state index contributed by atoms with van der Waals surface area (Å²) in [5.41, 5.74) is 2.86. The predicted octanol–water partition coefficient (Wildman–Crippen LogP) is 11.8. The zero-order valence-corrected chi connectivity index (χ0v) is 25.3. The molecular weight excluding hydrogens is 432 g/mol. The van der Waals surface area contributed by atoms with Crippen molar-refractivity contribution in [3.63, 3.8) is 0 Å². The second-order valence-electron chi connectivity index (χ2n) is 12.6. The van der Waals surface area contributed by atoms with E-state index in [9.17, 15) is 0 Å². The molecule has 0 heterocycles. The molecule has 0 unspecified atom stereocenters. The average Bonchev–Trinajstić information content (AvgIpc) is 3.42. The molecule has 2 aromatic rings. The van der Waals surface area contributed by atoms with Gasteiger partial charge in [0.25, 0.3) is 0 Å². The van der Waals surface area contributed by atoms with Gasteiger partial charge in [0.15, 0.2) is 0 Å². The summed E-state index contributed by atoms with van der Waals surface area (Å²) in [6, 6.07) is 21.1. The third kappa shape index (κ3) is 15.5. The van der Waals surface area contributed by atoms with Crippen molar-refractivity contribution in [1.29, 1.82) is 0 Å². The molecule has 0 heteroatoms. The summed E-state index contributed by atoms with van der Waals surface area (Å²) >= 11 is 0. The smallest absolute Gasteiger partial charge is 0.0219 e. The fraction of sp³-hybridized carbons (Fsp3) is 0.667. The van der Waals surface area contributed by atoms with E-state index in [2.05, 4.69) is 110 Å². The summed E-state index contributed by atoms with van der Waals surface area (Å²) in [6.07, 6.45) is 14.6. The molecule has 0 amide bonds. The fourth-order valence-corrected chi connectivity index (χ4v) is 5.35. The van der Waals surface area contributed by atoms with Gasteiger partial charge in [-0.05, 0) is 53.1 Å². The molecule has 0 nitrogen and oxygen atoms in total. The maximum Gasteiger partial charge on any atom is -0.0219 e. The first-order valence-corrected chi connectivity index (χ1v) is 15.3. The van der Waals surface area contributed by atoms with Crippen LogP contribution >= 0.6 is 0 Å². The van der Waals surface area contributed by atoms with Crippen molar-refractivity contribution >= 4 is 0 Å². The molecule has 2 aliphatic rings. The lowest BCUT2D eigenvalue weighted by atomic mass is 9.82. The van der Waals surface area contributed by atoms with Gasteiger partial charge >= 0.3 is 0 Å². The molecule has 2 aliphatic carbocycles. The van der Waals surface area contributed by atoms with E-state index in [4.69, 9.17) is 0 Å². The average molecular weight is 493 g/mol. The standard InChI is InChI=1S/C10H14.C9H18.C9H12.C8H16/c1-9(2)8-10-6-4-3-5-7-10;2*1-8(2)9-6-4-3-5-7-9;1-7(2)8-5-3-4-6-8/h3-7,9H,8H2,1-2H3;8-9H,3-7H2,1-2H3;3-8H,1-2H3;7-8H,3-6H2,1-2H3. The van der Waals surface area contributed by atoms with Crippen molar-refractivity contribution in [2.75, 3.05) is 0 Å². The summed E-state index contributed by atoms with van der Waals surface area (Å²) in [7, 11) is 0. The Labute approximate surface area is 226 Å². The minimum Gasteiger partial charge on any atom is -0.0625 e. The van der Waals surface area contributed by atoms with Gasteiger partial charge in [0.2, 0.25) is 0 Å². The van der Waals surface area contributed by atoms with Gasteiger partial charge in [-0.25, -0.2) is 0 Å². The molecule has 2 fully saturated rings. The summed E-state index contributed by atoms with van der Waals surface area (Å²) in [5, 5.41) is 0. The highest BCUT2D eigenvalue weighted by Crippen LogP contribution is 2.30. The van der Waals surface area contributed by atoms with Crippen LogP contribution in [0.2, 0.25) is 0 Å². The van der Waals surface area contributed by atoms with E-state index in [1.54, 1.807) is 0 Å². The van der Waals surface area contributed by atoms with Crippen molar-refractivity contribution < 1.29 is 0 Å². The lowest BCUT2D eigenvalue weighted by molar-refractivity contribution is 0.279. The molecule has 4 rings (SSSR count). The number of rotatable bonds is 5. The first-order chi connectivity index (χ1) is 17.2. The van der Waals surface area contributed by atoms with E-state index in [0.29, 0.717) is 5.92 Å². The van der Waals surface area contributed by atoms with Gasteiger partial charge in [0, 0.05) is 0 Å². The van der Waals surface area contributed by atoms with Gasteiger partial charge in [0.1, 0.15) is 0 Å². The first kappa shape index (κ1) is 32.5. The van der Waals surface area contributed by atoms with Gasteiger partial charge in [0.05, 0.1) is 0 Å². The zero-order chi connectivity index (χ0) is 26.8. The third-order valence-electron chi connectivity index (χ3n) is 7.89. The van der Waals surface area contributed by atoms with Gasteiger partial charge < -0.3 is 0 Å². The molecule has 36 heavy (non-hydrogen) atoms. The van der Waals surface area contributed by atoms with E-state index in [1.165, 1.54) is 75.3 Å². The van der Waals surface area contributed by atoms with Gasteiger partial charge in [-0.15, -0.1) is 0 Å². The minimum atomic E-state index is 0.659. The summed E-state index contributed by atoms with van der Waals surface area (Å²) < 4.78 is 0. The first-order valence-electron chi connectivity index (χ1n) is 15.3. The van der Waals surface area contributed by atoms with Crippen LogP contribution in [0.15, 0.2) is 60.7 Å². The molecule has 0 spiro atoms. The highest BCUT2D eigenvalue weighted by atomic mass is 14.2. The maximum absolute atomic E-state index is 2.36. The number of hydrogen-bond acceptors (Lipinski definition) is 0. The second-order valence-corrected chi connectivity index (χ2v) is 12.6. The molecule has 0 aliphatic heterocycles. The monoisotopic (exact) mass is 492 g/mol. The molecule has 0 aromatic heterocycles. The van der Waals surface area contributed by atoms with Crippen molar-refractivity contribution in [3.8, 4) is 0 Å². The van der Waals surface area contributed by atoms with E-state index in [1.807, 2.05) is 6.07 Å². The predicted molar refractivity (Wildman–Crippen MR) is 164 cm³/mol. The van der Waals surface area contributed by atoms with Crippen molar-refractivity contribution in [3.05, 3.63) is 71.8 Å². The molecule has 0 atom stereocenters. The van der Waals surface area contributed by atoms with Crippen LogP contribution in [0.4, 0.5) is 0 Å². The third-order valence-corrected chi connectivity index (χ3v) is 7.89. The van der Waals surface area contributed by atoms with Crippen LogP contribution in [0.1, 0.15) is 130 Å². The van der Waals surface area contributed by atoms with Gasteiger partial charge in [-0.3, -0.25) is 0 Å². The van der Waals surface area contributed by atoms with Gasteiger partial charge in [-0.2, -0.15) is 0 Å². The number of hydrogen-bond donors (Lipinski definition) is 0. The summed E-state index contributed by atoms with van der Waals surface area (Å²) in [5.74, 6) is 5.42. The molecule has 0 bridgehead atoms. The quantitative estimate of drug-likeness (QED) is 0.389. The largest absolute Gasteiger partial charge is 0.0625 e. The van der Waals surface area contributed by atoms with Crippen molar-refractivity contribution in [2.45, 2.75) is 126 Å². The molecular formula is C36H60. The minimum absolute atomic E-state index is 0.659. The topological polar surface area (TPSA) is 0 Å². The lowest BCUT2D eigenvalue weighted by Crippen LogP contribution is -2.12. The fourth-order valence-electron chi connectivity index (χ4n) is 5.35. The Hall–Kier alpha value is -1.56. The highest BCUT2D eigenvalue weighted by Gasteiger charge is 2.17. The van der Waals surface area contributed by atoms with Crippen LogP contribution in [0, 0.1) is 29.6 Å². The van der Waals surface area contributed by atoms with Crippen LogP contribution in [0.3, 0.4) is 0 Å². The van der Waals surface area contributed by atoms with E-state index < -0.39 is 0 Å². The Morgan fingerprint density at radius 2 is 0.917 bits per heavy atom. The Morgan fingerprint density at radius 3 is 1.22 bits per heavy atom. The summed E-state index contributed by atoms with van der Waals surface area (Å²) in [4.78, 5) is 0. The van der Waals surface area contributed by atoms with E-state index >= 15 is 0 Å². The Morgan fingerprint density at radius 1 is 0.528 bits per heavy atom. The van der Waals surface area contributed by atoms with Crippen LogP contribution < -0.4 is 0 Å². The lowest BCUT2D eigenvalue weighted by Gasteiger charge is -2.24. The maximum atomic E-state index is 2.36. The SMILES string of the molecule is CC(C)C1CCCC1.CC(C)C1CCCCC1.CC(C)Cc1ccccc1.CC(C)c1ccccc1. The van der Waals surface area contributed by atoms with E-state index in [0.717, 1.165) is 29.6 Å². The Kier molecular flexibility index (Phi) is 17.6.